The van der Waals surface area contributed by atoms with E-state index in [1.165, 1.54) is 0 Å². The van der Waals surface area contributed by atoms with Crippen LogP contribution < -0.4 is 14.1 Å². The predicted molar refractivity (Wildman–Crippen MR) is 95.7 cm³/mol. The normalized spacial score (nSPS) is 10.7. The maximum absolute atomic E-state index is 13.2. The lowest BCUT2D eigenvalue weighted by molar-refractivity contribution is 0.0973. The molecule has 6 heteroatoms. The van der Waals surface area contributed by atoms with Gasteiger partial charge in [-0.15, -0.1) is 0 Å². The van der Waals surface area contributed by atoms with Gasteiger partial charge in [0.15, 0.2) is 0 Å². The molecule has 0 saturated carbocycles. The first-order valence-electron chi connectivity index (χ1n) is 7.62. The minimum atomic E-state index is -3.98. The van der Waals surface area contributed by atoms with Gasteiger partial charge in [-0.3, -0.25) is 4.79 Å². The minimum absolute atomic E-state index is 0.329. The number of para-hydroxylation sites is 2. The van der Waals surface area contributed by atoms with E-state index in [9.17, 15) is 9.36 Å². The average Bonchev–Trinajstić information content (AvgIpc) is 2.64. The van der Waals surface area contributed by atoms with Crippen molar-refractivity contribution in [2.75, 3.05) is 0 Å². The first-order valence-corrected chi connectivity index (χ1v) is 9.16. The molecule has 0 radical (unpaired) electrons. The van der Waals surface area contributed by atoms with Gasteiger partial charge >= 0.3 is 7.75 Å². The highest BCUT2D eigenvalue weighted by Crippen LogP contribution is 2.44. The maximum Gasteiger partial charge on any atom is 0.544 e. The molecule has 0 saturated heterocycles. The number of hydrogen-bond donors (Lipinski definition) is 1. The zero-order valence-corrected chi connectivity index (χ0v) is 14.1. The number of rotatable bonds is 6. The molecule has 0 aromatic heterocycles. The molecule has 3 aromatic carbocycles. The van der Waals surface area contributed by atoms with Crippen LogP contribution in [0, 0.1) is 0 Å². The van der Waals surface area contributed by atoms with Gasteiger partial charge in [0.25, 0.3) is 5.91 Å². The summed E-state index contributed by atoms with van der Waals surface area (Å²) in [6.45, 7) is 0. The number of carbonyl (C=O) groups excluding carboxylic acids is 1. The van der Waals surface area contributed by atoms with Crippen molar-refractivity contribution in [3.05, 3.63) is 96.6 Å². The second kappa shape index (κ2) is 7.69. The van der Waals surface area contributed by atoms with Crippen molar-refractivity contribution in [1.82, 2.24) is 5.09 Å². The van der Waals surface area contributed by atoms with Crippen LogP contribution in [0.2, 0.25) is 0 Å². The monoisotopic (exact) mass is 353 g/mol. The molecule has 0 fully saturated rings. The Morgan fingerprint density at radius 3 is 1.52 bits per heavy atom. The van der Waals surface area contributed by atoms with Crippen LogP contribution in [0.4, 0.5) is 0 Å². The summed E-state index contributed by atoms with van der Waals surface area (Å²) in [7, 11) is -3.98. The third-order valence-electron chi connectivity index (χ3n) is 3.21. The van der Waals surface area contributed by atoms with E-state index in [2.05, 4.69) is 5.09 Å². The summed E-state index contributed by atoms with van der Waals surface area (Å²) in [4.78, 5) is 12.4. The summed E-state index contributed by atoms with van der Waals surface area (Å²) in [5.41, 5.74) is 0.357. The first kappa shape index (κ1) is 16.8. The van der Waals surface area contributed by atoms with Gasteiger partial charge in [-0.05, 0) is 36.4 Å². The predicted octanol–water partition coefficient (Wildman–Crippen LogP) is 4.68. The summed E-state index contributed by atoms with van der Waals surface area (Å²) in [5, 5.41) is 2.38. The Kier molecular flexibility index (Phi) is 5.17. The van der Waals surface area contributed by atoms with Crippen LogP contribution in [0.3, 0.4) is 0 Å². The number of hydrogen-bond acceptors (Lipinski definition) is 4. The van der Waals surface area contributed by atoms with Gasteiger partial charge in [-0.1, -0.05) is 54.6 Å². The minimum Gasteiger partial charge on any atom is -0.400 e. The molecule has 1 N–H and O–H groups in total. The van der Waals surface area contributed by atoms with E-state index < -0.39 is 13.7 Å². The molecule has 1 amide bonds. The molecule has 0 aliphatic rings. The van der Waals surface area contributed by atoms with Gasteiger partial charge in [0.05, 0.1) is 0 Å². The van der Waals surface area contributed by atoms with Gasteiger partial charge in [0, 0.05) is 5.56 Å². The van der Waals surface area contributed by atoms with E-state index in [4.69, 9.17) is 9.05 Å². The quantitative estimate of drug-likeness (QED) is 0.654. The number of nitrogens with one attached hydrogen (secondary N) is 1. The van der Waals surface area contributed by atoms with E-state index in [-0.39, 0.29) is 0 Å². The molecule has 0 unspecified atom stereocenters. The van der Waals surface area contributed by atoms with Crippen molar-refractivity contribution >= 4 is 13.7 Å². The highest BCUT2D eigenvalue weighted by Gasteiger charge is 2.31. The van der Waals surface area contributed by atoms with Crippen LogP contribution in [0.25, 0.3) is 0 Å². The molecule has 5 nitrogen and oxygen atoms in total. The standard InChI is InChI=1S/C19H16NO4P/c21-19(16-10-4-1-5-11-16)20-25(22,23-17-12-6-2-7-13-17)24-18-14-8-3-9-15-18/h1-15H,(H,20,21,22). The zero-order valence-electron chi connectivity index (χ0n) is 13.2. The number of carbonyl (C=O) groups is 1. The highest BCUT2D eigenvalue weighted by atomic mass is 31.2. The summed E-state index contributed by atoms with van der Waals surface area (Å²) in [5.74, 6) is 0.112. The van der Waals surface area contributed by atoms with E-state index in [1.807, 2.05) is 0 Å². The fourth-order valence-corrected chi connectivity index (χ4v) is 3.39. The smallest absolute Gasteiger partial charge is 0.400 e. The fourth-order valence-electron chi connectivity index (χ4n) is 2.08. The molecule has 0 aliphatic heterocycles. The number of benzene rings is 3. The lowest BCUT2D eigenvalue weighted by Crippen LogP contribution is -2.25. The summed E-state index contributed by atoms with van der Waals surface area (Å²) in [6.07, 6.45) is 0. The molecule has 0 spiro atoms. The van der Waals surface area contributed by atoms with Crippen molar-refractivity contribution in [1.29, 1.82) is 0 Å². The largest absolute Gasteiger partial charge is 0.544 e. The van der Waals surface area contributed by atoms with Crippen molar-refractivity contribution in [3.63, 3.8) is 0 Å². The molecule has 25 heavy (non-hydrogen) atoms. The van der Waals surface area contributed by atoms with Crippen LogP contribution in [-0.2, 0) is 4.57 Å². The van der Waals surface area contributed by atoms with Crippen LogP contribution in [0.5, 0.6) is 11.5 Å². The Morgan fingerprint density at radius 2 is 1.08 bits per heavy atom. The van der Waals surface area contributed by atoms with Crippen molar-refractivity contribution in [3.8, 4) is 11.5 Å². The van der Waals surface area contributed by atoms with Gasteiger partial charge in [-0.25, -0.2) is 9.65 Å². The van der Waals surface area contributed by atoms with E-state index in [1.54, 1.807) is 91.0 Å². The fraction of sp³-hybridized carbons (Fsp3) is 0. The van der Waals surface area contributed by atoms with Gasteiger partial charge in [0.2, 0.25) is 0 Å². The Morgan fingerprint density at radius 1 is 0.680 bits per heavy atom. The molecule has 0 bridgehead atoms. The Hall–Kier alpha value is -3.04. The van der Waals surface area contributed by atoms with Crippen molar-refractivity contribution in [2.45, 2.75) is 0 Å². The Bertz CT molecular complexity index is 824. The van der Waals surface area contributed by atoms with E-state index in [0.717, 1.165) is 0 Å². The maximum atomic E-state index is 13.2. The molecule has 3 rings (SSSR count). The van der Waals surface area contributed by atoms with Gasteiger partial charge in [0.1, 0.15) is 11.5 Å². The molecular formula is C19H16NO4P. The molecule has 0 aliphatic carbocycles. The second-order valence-corrected chi connectivity index (χ2v) is 6.70. The van der Waals surface area contributed by atoms with Crippen LogP contribution in [0.1, 0.15) is 10.4 Å². The van der Waals surface area contributed by atoms with Crippen LogP contribution in [0.15, 0.2) is 91.0 Å². The Balaban J connectivity index is 1.85. The number of amides is 1. The lowest BCUT2D eigenvalue weighted by atomic mass is 10.2. The molecule has 0 heterocycles. The zero-order chi connectivity index (χ0) is 17.5. The summed E-state index contributed by atoms with van der Waals surface area (Å²) < 4.78 is 24.2. The van der Waals surface area contributed by atoms with Gasteiger partial charge in [-0.2, -0.15) is 0 Å². The van der Waals surface area contributed by atoms with E-state index in [0.29, 0.717) is 17.1 Å². The topological polar surface area (TPSA) is 64.6 Å². The molecule has 3 aromatic rings. The third-order valence-corrected chi connectivity index (χ3v) is 4.59. The van der Waals surface area contributed by atoms with E-state index >= 15 is 0 Å². The van der Waals surface area contributed by atoms with Gasteiger partial charge < -0.3 is 9.05 Å². The van der Waals surface area contributed by atoms with Crippen molar-refractivity contribution < 1.29 is 18.4 Å². The second-order valence-electron chi connectivity index (χ2n) is 5.11. The van der Waals surface area contributed by atoms with Crippen LogP contribution in [-0.4, -0.2) is 5.91 Å². The summed E-state index contributed by atoms with van der Waals surface area (Å²) in [6, 6.07) is 25.6. The molecular weight excluding hydrogens is 337 g/mol. The Labute approximate surface area is 145 Å². The van der Waals surface area contributed by atoms with Crippen LogP contribution >= 0.6 is 7.75 Å². The highest BCUT2D eigenvalue weighted by molar-refractivity contribution is 7.53. The third kappa shape index (κ3) is 4.72. The molecule has 0 atom stereocenters. The lowest BCUT2D eigenvalue weighted by Gasteiger charge is -2.20. The SMILES string of the molecule is O=C(NP(=O)(Oc1ccccc1)Oc1ccccc1)c1ccccc1. The average molecular weight is 353 g/mol. The van der Waals surface area contributed by atoms with Crippen molar-refractivity contribution in [2.24, 2.45) is 0 Å². The first-order chi connectivity index (χ1) is 12.1. The summed E-state index contributed by atoms with van der Waals surface area (Å²) >= 11 is 0. The molecule has 126 valence electrons.